The van der Waals surface area contributed by atoms with Crippen molar-refractivity contribution in [3.63, 3.8) is 0 Å². The van der Waals surface area contributed by atoms with Crippen LogP contribution in [0.5, 0.6) is 0 Å². The lowest BCUT2D eigenvalue weighted by Crippen LogP contribution is -2.74. The van der Waals surface area contributed by atoms with E-state index in [1.54, 1.807) is 30.3 Å². The van der Waals surface area contributed by atoms with Gasteiger partial charge in [0, 0.05) is 27.7 Å². The average molecular weight is 535 g/mol. The molecule has 12 nitrogen and oxygen atoms in total. The SMILES string of the molecule is C#C[C@H]1OC2(COC(C)=O)OC(COC(C)=O)([C@H](OCc3ccccc3)[C@H]2OC(C)=O)[C@]1(O)COC(C)=O. The van der Waals surface area contributed by atoms with Crippen molar-refractivity contribution in [2.45, 2.75) is 69.6 Å². The molecule has 0 aliphatic carbocycles. The Morgan fingerprint density at radius 2 is 1.47 bits per heavy atom. The number of terminal acetylenes is 1. The maximum atomic E-state index is 12.2. The highest BCUT2D eigenvalue weighted by molar-refractivity contribution is 5.68. The predicted molar refractivity (Wildman–Crippen MR) is 126 cm³/mol. The zero-order chi connectivity index (χ0) is 28.1. The highest BCUT2D eigenvalue weighted by Crippen LogP contribution is 2.55. The first kappa shape index (κ1) is 29.1. The van der Waals surface area contributed by atoms with Crippen LogP contribution in [0.25, 0.3) is 0 Å². The first-order chi connectivity index (χ1) is 17.9. The minimum Gasteiger partial charge on any atom is -0.463 e. The molecule has 1 aromatic carbocycles. The third-order valence-electron chi connectivity index (χ3n) is 6.19. The molecule has 0 aromatic heterocycles. The lowest BCUT2D eigenvalue weighted by Gasteiger charge is -2.52. The van der Waals surface area contributed by atoms with Crippen molar-refractivity contribution in [1.29, 1.82) is 0 Å². The second kappa shape index (κ2) is 11.5. The minimum absolute atomic E-state index is 0.0809. The maximum Gasteiger partial charge on any atom is 0.303 e. The quantitative estimate of drug-likeness (QED) is 0.251. The van der Waals surface area contributed by atoms with Crippen LogP contribution in [-0.4, -0.2) is 84.1 Å². The number of hydrogen-bond donors (Lipinski definition) is 1. The number of esters is 4. The Morgan fingerprint density at radius 3 is 2.03 bits per heavy atom. The van der Waals surface area contributed by atoms with Gasteiger partial charge in [0.1, 0.15) is 25.9 Å². The smallest absolute Gasteiger partial charge is 0.303 e. The van der Waals surface area contributed by atoms with Crippen molar-refractivity contribution in [3.8, 4) is 12.3 Å². The number of carbonyl (C=O) groups excluding carboxylic acids is 4. The summed E-state index contributed by atoms with van der Waals surface area (Å²) >= 11 is 0. The van der Waals surface area contributed by atoms with Gasteiger partial charge in [-0.25, -0.2) is 0 Å². The van der Waals surface area contributed by atoms with E-state index >= 15 is 0 Å². The van der Waals surface area contributed by atoms with E-state index in [-0.39, 0.29) is 6.61 Å². The number of fused-ring (bicyclic) bond motifs is 2. The Labute approximate surface area is 219 Å². The minimum atomic E-state index is -2.39. The van der Waals surface area contributed by atoms with E-state index in [0.29, 0.717) is 5.56 Å². The van der Waals surface area contributed by atoms with Crippen molar-refractivity contribution in [2.75, 3.05) is 19.8 Å². The molecule has 1 N–H and O–H groups in total. The molecular weight excluding hydrogens is 504 g/mol. The van der Waals surface area contributed by atoms with E-state index in [2.05, 4.69) is 5.92 Å². The molecule has 1 aromatic rings. The van der Waals surface area contributed by atoms with Crippen molar-refractivity contribution in [1.82, 2.24) is 0 Å². The molecule has 0 radical (unpaired) electrons. The lowest BCUT2D eigenvalue weighted by molar-refractivity contribution is -0.396. The van der Waals surface area contributed by atoms with Gasteiger partial charge in [0.2, 0.25) is 5.79 Å². The van der Waals surface area contributed by atoms with Crippen LogP contribution in [0, 0.1) is 12.3 Å². The van der Waals surface area contributed by atoms with Crippen LogP contribution in [0.1, 0.15) is 33.3 Å². The number of aliphatic hydroxyl groups is 1. The summed E-state index contributed by atoms with van der Waals surface area (Å²) in [6, 6.07) is 8.88. The molecule has 2 aliphatic heterocycles. The van der Waals surface area contributed by atoms with Crippen LogP contribution in [0.4, 0.5) is 0 Å². The molecule has 206 valence electrons. The Kier molecular flexibility index (Phi) is 8.79. The van der Waals surface area contributed by atoms with Gasteiger partial charge in [-0.3, -0.25) is 19.2 Å². The normalized spacial score (nSPS) is 31.5. The summed E-state index contributed by atoms with van der Waals surface area (Å²) in [4.78, 5) is 47.6. The molecule has 2 aliphatic rings. The summed E-state index contributed by atoms with van der Waals surface area (Å²) in [6.07, 6.45) is 1.22. The molecule has 0 spiro atoms. The van der Waals surface area contributed by atoms with E-state index in [9.17, 15) is 24.3 Å². The van der Waals surface area contributed by atoms with Gasteiger partial charge in [-0.2, -0.15) is 0 Å². The molecule has 2 heterocycles. The Morgan fingerprint density at radius 1 is 0.895 bits per heavy atom. The van der Waals surface area contributed by atoms with Gasteiger partial charge in [-0.1, -0.05) is 36.3 Å². The highest BCUT2D eigenvalue weighted by Gasteiger charge is 2.80. The van der Waals surface area contributed by atoms with Crippen molar-refractivity contribution in [3.05, 3.63) is 35.9 Å². The standard InChI is InChI=1S/C26H30O12/c1-6-21-24(31,13-33-16(2)27)25(14-34-17(3)28)22(32-12-20-10-8-7-9-11-20)23(36-19(5)30)26(37-21,38-25)15-35-18(4)29/h1,7-11,21-23,31H,12-15H2,2-5H3/t21-,22-,23-,24+,25?,26?/m1/s1. The predicted octanol–water partition coefficient (Wildman–Crippen LogP) is 0.421. The third-order valence-corrected chi connectivity index (χ3v) is 6.19. The monoisotopic (exact) mass is 534 g/mol. The fourth-order valence-corrected chi connectivity index (χ4v) is 4.53. The summed E-state index contributed by atoms with van der Waals surface area (Å²) in [5, 5.41) is 12.1. The summed E-state index contributed by atoms with van der Waals surface area (Å²) in [7, 11) is 0. The van der Waals surface area contributed by atoms with E-state index in [1.807, 2.05) is 0 Å². The van der Waals surface area contributed by atoms with Gasteiger partial charge in [0.15, 0.2) is 23.4 Å². The number of carbonyl (C=O) groups is 4. The fraction of sp³-hybridized carbons (Fsp3) is 0.538. The highest BCUT2D eigenvalue weighted by atomic mass is 16.8. The van der Waals surface area contributed by atoms with Crippen LogP contribution in [0.2, 0.25) is 0 Å². The zero-order valence-corrected chi connectivity index (χ0v) is 21.5. The summed E-state index contributed by atoms with van der Waals surface area (Å²) in [5.74, 6) is -2.80. The van der Waals surface area contributed by atoms with Crippen LogP contribution in [0.15, 0.2) is 30.3 Å². The molecule has 3 rings (SSSR count). The van der Waals surface area contributed by atoms with Gasteiger partial charge < -0.3 is 38.3 Å². The summed E-state index contributed by atoms with van der Waals surface area (Å²) in [5.41, 5.74) is -3.82. The van der Waals surface area contributed by atoms with Crippen LogP contribution < -0.4 is 0 Å². The van der Waals surface area contributed by atoms with Gasteiger partial charge in [-0.05, 0) is 5.56 Å². The fourth-order valence-electron chi connectivity index (χ4n) is 4.53. The molecule has 2 saturated heterocycles. The molecule has 38 heavy (non-hydrogen) atoms. The van der Waals surface area contributed by atoms with Gasteiger partial charge in [0.25, 0.3) is 0 Å². The number of rotatable bonds is 10. The first-order valence-corrected chi connectivity index (χ1v) is 11.7. The van der Waals surface area contributed by atoms with Crippen LogP contribution in [-0.2, 0) is 58.9 Å². The summed E-state index contributed by atoms with van der Waals surface area (Å²) in [6.45, 7) is 2.35. The topological polar surface area (TPSA) is 153 Å². The maximum absolute atomic E-state index is 12.2. The van der Waals surface area contributed by atoms with E-state index in [0.717, 1.165) is 27.7 Å². The average Bonchev–Trinajstić information content (AvgIpc) is 3.09. The molecule has 2 bridgehead atoms. The van der Waals surface area contributed by atoms with Crippen molar-refractivity contribution >= 4 is 23.9 Å². The second-order valence-corrected chi connectivity index (χ2v) is 8.98. The molecule has 12 heteroatoms. The third kappa shape index (κ3) is 5.66. The molecule has 2 unspecified atom stereocenters. The largest absolute Gasteiger partial charge is 0.463 e. The molecule has 0 amide bonds. The number of hydrogen-bond acceptors (Lipinski definition) is 12. The first-order valence-electron chi connectivity index (χ1n) is 11.7. The Balaban J connectivity index is 2.22. The number of ether oxygens (including phenoxy) is 7. The second-order valence-electron chi connectivity index (χ2n) is 8.98. The van der Waals surface area contributed by atoms with Gasteiger partial charge in [-0.15, -0.1) is 6.42 Å². The Bertz CT molecular complexity index is 1100. The number of benzene rings is 1. The molecule has 0 saturated carbocycles. The van der Waals surface area contributed by atoms with Gasteiger partial charge >= 0.3 is 23.9 Å². The summed E-state index contributed by atoms with van der Waals surface area (Å²) < 4.78 is 39.6. The lowest BCUT2D eigenvalue weighted by atomic mass is 9.75. The van der Waals surface area contributed by atoms with Crippen molar-refractivity contribution in [2.24, 2.45) is 0 Å². The van der Waals surface area contributed by atoms with Crippen molar-refractivity contribution < 1.29 is 57.4 Å². The van der Waals surface area contributed by atoms with Gasteiger partial charge in [0.05, 0.1) is 6.61 Å². The van der Waals surface area contributed by atoms with Crippen LogP contribution in [0.3, 0.4) is 0 Å². The van der Waals surface area contributed by atoms with E-state index < -0.39 is 79.0 Å². The Hall–Kier alpha value is -3.50. The van der Waals surface area contributed by atoms with E-state index in [1.165, 1.54) is 0 Å². The zero-order valence-electron chi connectivity index (χ0n) is 21.5. The molecule has 6 atom stereocenters. The van der Waals surface area contributed by atoms with Crippen LogP contribution >= 0.6 is 0 Å². The van der Waals surface area contributed by atoms with E-state index in [4.69, 9.17) is 39.6 Å². The molecule has 2 fully saturated rings. The molecular formula is C26H30O12.